The monoisotopic (exact) mass is 204 g/mol. The summed E-state index contributed by atoms with van der Waals surface area (Å²) in [5.41, 5.74) is 0. The summed E-state index contributed by atoms with van der Waals surface area (Å²) in [4.78, 5) is 0. The van der Waals surface area contributed by atoms with Crippen LogP contribution in [0.1, 0.15) is 6.92 Å². The standard InChI is InChI=1S/C6H10O5.C3H6/c7-3-2-1-10-6(11-2)5(9)4(3)8;1-3-2/h2-9H,1H2;3H,1H2,2H3/t2-,3-,4+,5-,6-;/m1./s1. The van der Waals surface area contributed by atoms with E-state index in [1.807, 2.05) is 6.92 Å². The van der Waals surface area contributed by atoms with Crippen molar-refractivity contribution in [2.24, 2.45) is 0 Å². The number of hydrogen-bond acceptors (Lipinski definition) is 5. The molecule has 0 unspecified atom stereocenters. The van der Waals surface area contributed by atoms with Gasteiger partial charge in [0.2, 0.25) is 0 Å². The number of aliphatic hydroxyl groups excluding tert-OH is 3. The summed E-state index contributed by atoms with van der Waals surface area (Å²) in [7, 11) is 0. The van der Waals surface area contributed by atoms with Crippen molar-refractivity contribution in [3.63, 3.8) is 0 Å². The minimum absolute atomic E-state index is 0.236. The molecule has 5 heteroatoms. The van der Waals surface area contributed by atoms with Gasteiger partial charge in [-0.1, -0.05) is 6.08 Å². The Morgan fingerprint density at radius 2 is 1.79 bits per heavy atom. The first-order valence-electron chi connectivity index (χ1n) is 4.50. The third kappa shape index (κ3) is 2.13. The van der Waals surface area contributed by atoms with Gasteiger partial charge in [0.25, 0.3) is 0 Å². The van der Waals surface area contributed by atoms with Crippen LogP contribution in [0.5, 0.6) is 0 Å². The summed E-state index contributed by atoms with van der Waals surface area (Å²) >= 11 is 0. The van der Waals surface area contributed by atoms with E-state index in [4.69, 9.17) is 14.6 Å². The zero-order valence-corrected chi connectivity index (χ0v) is 8.04. The molecule has 2 rings (SSSR count). The molecule has 0 amide bonds. The highest BCUT2D eigenvalue weighted by atomic mass is 16.7. The molecule has 5 nitrogen and oxygen atoms in total. The molecular formula is C9H16O5. The molecule has 2 saturated heterocycles. The van der Waals surface area contributed by atoms with E-state index in [1.165, 1.54) is 0 Å². The number of rotatable bonds is 0. The van der Waals surface area contributed by atoms with E-state index in [0.717, 1.165) is 0 Å². The lowest BCUT2D eigenvalue weighted by atomic mass is 10.0. The summed E-state index contributed by atoms with van der Waals surface area (Å²) in [5, 5.41) is 27.6. The van der Waals surface area contributed by atoms with E-state index in [2.05, 4.69) is 6.58 Å². The van der Waals surface area contributed by atoms with Crippen molar-refractivity contribution in [3.8, 4) is 0 Å². The zero-order chi connectivity index (χ0) is 10.7. The molecule has 82 valence electrons. The molecule has 0 aromatic heterocycles. The van der Waals surface area contributed by atoms with Crippen LogP contribution in [0.4, 0.5) is 0 Å². The largest absolute Gasteiger partial charge is 0.387 e. The fourth-order valence-electron chi connectivity index (χ4n) is 1.38. The lowest BCUT2D eigenvalue weighted by Crippen LogP contribution is -2.53. The highest BCUT2D eigenvalue weighted by molar-refractivity contribution is 4.92. The van der Waals surface area contributed by atoms with Crippen LogP contribution >= 0.6 is 0 Å². The van der Waals surface area contributed by atoms with E-state index in [-0.39, 0.29) is 6.61 Å². The van der Waals surface area contributed by atoms with Crippen LogP contribution in [0.15, 0.2) is 12.7 Å². The maximum atomic E-state index is 9.22. The fourth-order valence-corrected chi connectivity index (χ4v) is 1.38. The summed E-state index contributed by atoms with van der Waals surface area (Å²) in [6, 6.07) is 0. The average molecular weight is 204 g/mol. The van der Waals surface area contributed by atoms with Crippen molar-refractivity contribution in [2.45, 2.75) is 37.6 Å². The molecule has 0 radical (unpaired) electrons. The van der Waals surface area contributed by atoms with Gasteiger partial charge < -0.3 is 24.8 Å². The Morgan fingerprint density at radius 3 is 2.36 bits per heavy atom. The molecule has 0 aromatic carbocycles. The lowest BCUT2D eigenvalue weighted by Gasteiger charge is -2.32. The lowest BCUT2D eigenvalue weighted by molar-refractivity contribution is -0.228. The van der Waals surface area contributed by atoms with E-state index in [1.54, 1.807) is 6.08 Å². The van der Waals surface area contributed by atoms with Crippen molar-refractivity contribution >= 4 is 0 Å². The zero-order valence-electron chi connectivity index (χ0n) is 8.04. The molecule has 0 aliphatic carbocycles. The first-order valence-corrected chi connectivity index (χ1v) is 4.50. The number of allylic oxidation sites excluding steroid dienone is 1. The fraction of sp³-hybridized carbons (Fsp3) is 0.778. The average Bonchev–Trinajstić information content (AvgIpc) is 2.60. The molecule has 5 atom stereocenters. The first-order chi connectivity index (χ1) is 6.61. The van der Waals surface area contributed by atoms with E-state index in [9.17, 15) is 10.2 Å². The third-order valence-corrected chi connectivity index (χ3v) is 2.09. The molecule has 2 aliphatic heterocycles. The van der Waals surface area contributed by atoms with Crippen molar-refractivity contribution in [2.75, 3.05) is 6.61 Å². The van der Waals surface area contributed by atoms with Crippen LogP contribution < -0.4 is 0 Å². The molecule has 0 aromatic rings. The Balaban J connectivity index is 0.000000293. The van der Waals surface area contributed by atoms with Crippen LogP contribution in [0.2, 0.25) is 0 Å². The molecular weight excluding hydrogens is 188 g/mol. The van der Waals surface area contributed by atoms with Gasteiger partial charge in [-0.25, -0.2) is 0 Å². The second kappa shape index (κ2) is 4.86. The second-order valence-electron chi connectivity index (χ2n) is 3.26. The van der Waals surface area contributed by atoms with Gasteiger partial charge >= 0.3 is 0 Å². The summed E-state index contributed by atoms with van der Waals surface area (Å²) in [6.07, 6.45) is -2.83. The van der Waals surface area contributed by atoms with Crippen LogP contribution in [0.25, 0.3) is 0 Å². The molecule has 14 heavy (non-hydrogen) atoms. The van der Waals surface area contributed by atoms with Crippen LogP contribution in [-0.4, -0.2) is 52.6 Å². The Hall–Kier alpha value is -0.460. The molecule has 0 saturated carbocycles. The minimum Gasteiger partial charge on any atom is -0.387 e. The number of aliphatic hydroxyl groups is 3. The predicted molar refractivity (Wildman–Crippen MR) is 48.5 cm³/mol. The smallest absolute Gasteiger partial charge is 0.186 e. The van der Waals surface area contributed by atoms with Crippen molar-refractivity contribution in [1.29, 1.82) is 0 Å². The maximum absolute atomic E-state index is 9.22. The summed E-state index contributed by atoms with van der Waals surface area (Å²) in [5.74, 6) is 0. The Morgan fingerprint density at radius 1 is 1.21 bits per heavy atom. The molecule has 2 bridgehead atoms. The molecule has 0 spiro atoms. The van der Waals surface area contributed by atoms with Crippen molar-refractivity contribution in [1.82, 2.24) is 0 Å². The van der Waals surface area contributed by atoms with Crippen molar-refractivity contribution in [3.05, 3.63) is 12.7 Å². The van der Waals surface area contributed by atoms with Gasteiger partial charge in [-0.3, -0.25) is 0 Å². The second-order valence-corrected chi connectivity index (χ2v) is 3.26. The van der Waals surface area contributed by atoms with Gasteiger partial charge in [0, 0.05) is 0 Å². The minimum atomic E-state index is -1.15. The van der Waals surface area contributed by atoms with Crippen LogP contribution in [-0.2, 0) is 9.47 Å². The van der Waals surface area contributed by atoms with E-state index in [0.29, 0.717) is 0 Å². The number of fused-ring (bicyclic) bond motifs is 2. The van der Waals surface area contributed by atoms with Gasteiger partial charge in [-0.2, -0.15) is 0 Å². The van der Waals surface area contributed by atoms with Gasteiger partial charge in [0.1, 0.15) is 24.4 Å². The first kappa shape index (κ1) is 11.6. The number of hydrogen-bond donors (Lipinski definition) is 3. The Bertz CT molecular complexity index is 176. The maximum Gasteiger partial charge on any atom is 0.186 e. The highest BCUT2D eigenvalue weighted by Gasteiger charge is 2.48. The SMILES string of the molecule is C=CC.O[C@@H]1[C@@H](O)[C@@H]2OC[C@@H](O2)[C@H]1O. The van der Waals surface area contributed by atoms with E-state index >= 15 is 0 Å². The third-order valence-electron chi connectivity index (χ3n) is 2.09. The van der Waals surface area contributed by atoms with Crippen LogP contribution in [0, 0.1) is 0 Å². The Labute approximate surface area is 82.6 Å². The van der Waals surface area contributed by atoms with Crippen LogP contribution in [0.3, 0.4) is 0 Å². The highest BCUT2D eigenvalue weighted by Crippen LogP contribution is 2.27. The van der Waals surface area contributed by atoms with E-state index < -0.39 is 30.7 Å². The Kier molecular flexibility index (Phi) is 4.03. The van der Waals surface area contributed by atoms with Gasteiger partial charge in [0.05, 0.1) is 6.61 Å². The molecule has 2 heterocycles. The predicted octanol–water partition coefficient (Wildman–Crippen LogP) is -0.984. The molecule has 2 fully saturated rings. The summed E-state index contributed by atoms with van der Waals surface area (Å²) in [6.45, 7) is 5.49. The van der Waals surface area contributed by atoms with Gasteiger partial charge in [-0.05, 0) is 6.92 Å². The summed E-state index contributed by atoms with van der Waals surface area (Å²) < 4.78 is 9.95. The molecule has 2 aliphatic rings. The normalized spacial score (nSPS) is 45.3. The molecule has 3 N–H and O–H groups in total. The quantitative estimate of drug-likeness (QED) is 0.442. The van der Waals surface area contributed by atoms with Gasteiger partial charge in [0.15, 0.2) is 6.29 Å². The topological polar surface area (TPSA) is 79.2 Å². The van der Waals surface area contributed by atoms with Crippen molar-refractivity contribution < 1.29 is 24.8 Å². The number of ether oxygens (including phenoxy) is 2. The van der Waals surface area contributed by atoms with Gasteiger partial charge in [-0.15, -0.1) is 6.58 Å².